The Kier molecular flexibility index (Phi) is 5.10. The Bertz CT molecular complexity index is 1220. The van der Waals surface area contributed by atoms with Crippen molar-refractivity contribution in [2.24, 2.45) is 0 Å². The molecular weight excluding hydrogens is 386 g/mol. The highest BCUT2D eigenvalue weighted by Gasteiger charge is 2.23. The minimum absolute atomic E-state index is 0.0139. The van der Waals surface area contributed by atoms with E-state index in [1.807, 2.05) is 36.4 Å². The molecule has 0 saturated carbocycles. The summed E-state index contributed by atoms with van der Waals surface area (Å²) >= 11 is 6.22. The van der Waals surface area contributed by atoms with Crippen molar-refractivity contribution in [3.05, 3.63) is 95.0 Å². The first-order valence-corrected chi connectivity index (χ1v) is 9.39. The molecule has 0 spiro atoms. The summed E-state index contributed by atoms with van der Waals surface area (Å²) in [6.07, 6.45) is 0. The van der Waals surface area contributed by atoms with Crippen molar-refractivity contribution in [3.8, 4) is 17.0 Å². The number of ether oxygens (including phenoxy) is 1. The maximum atomic E-state index is 12.6. The van der Waals surface area contributed by atoms with Crippen LogP contribution < -0.4 is 4.74 Å². The van der Waals surface area contributed by atoms with E-state index in [4.69, 9.17) is 16.3 Å². The molecule has 0 radical (unpaired) electrons. The van der Waals surface area contributed by atoms with Gasteiger partial charge in [-0.3, -0.25) is 4.79 Å². The van der Waals surface area contributed by atoms with Crippen LogP contribution in [-0.4, -0.2) is 16.7 Å². The van der Waals surface area contributed by atoms with Crippen molar-refractivity contribution in [2.75, 3.05) is 0 Å². The van der Waals surface area contributed by atoms with Gasteiger partial charge < -0.3 is 4.74 Å². The standard InChI is InChI=1S/C24H16ClNO3/c1-15(27)21-22(16-8-4-2-5-9-16)19-14-18(25)12-13-20(19)26-23(21)29-24(28)17-10-6-3-7-11-17/h2-14H,1H3. The number of Topliss-reactive ketones (excluding diaryl/α,β-unsaturated/α-hetero) is 1. The largest absolute Gasteiger partial charge is 0.403 e. The number of hydrogen-bond acceptors (Lipinski definition) is 4. The Hall–Kier alpha value is -3.50. The van der Waals surface area contributed by atoms with Crippen LogP contribution in [0.1, 0.15) is 27.6 Å². The van der Waals surface area contributed by atoms with Gasteiger partial charge in [-0.25, -0.2) is 9.78 Å². The summed E-state index contributed by atoms with van der Waals surface area (Å²) in [6.45, 7) is 1.43. The van der Waals surface area contributed by atoms with Crippen molar-refractivity contribution in [3.63, 3.8) is 0 Å². The highest BCUT2D eigenvalue weighted by molar-refractivity contribution is 6.31. The third-order valence-corrected chi connectivity index (χ3v) is 4.76. The molecule has 3 aromatic carbocycles. The van der Waals surface area contributed by atoms with Crippen LogP contribution in [0.5, 0.6) is 5.88 Å². The molecule has 0 aliphatic rings. The molecule has 29 heavy (non-hydrogen) atoms. The van der Waals surface area contributed by atoms with Crippen molar-refractivity contribution < 1.29 is 14.3 Å². The Labute approximate surface area is 172 Å². The second-order valence-electron chi connectivity index (χ2n) is 6.51. The summed E-state index contributed by atoms with van der Waals surface area (Å²) in [5.41, 5.74) is 2.65. The van der Waals surface area contributed by atoms with Gasteiger partial charge in [-0.15, -0.1) is 0 Å². The predicted octanol–water partition coefficient (Wildman–Crippen LogP) is 5.98. The molecule has 0 unspecified atom stereocenters. The number of benzene rings is 3. The molecule has 0 amide bonds. The lowest BCUT2D eigenvalue weighted by Crippen LogP contribution is -2.13. The van der Waals surface area contributed by atoms with Gasteiger partial charge in [-0.1, -0.05) is 60.1 Å². The van der Waals surface area contributed by atoms with E-state index in [2.05, 4.69) is 4.98 Å². The third kappa shape index (κ3) is 3.75. The molecule has 0 saturated heterocycles. The van der Waals surface area contributed by atoms with E-state index in [0.717, 1.165) is 5.56 Å². The molecule has 1 heterocycles. The van der Waals surface area contributed by atoms with Gasteiger partial charge in [0.25, 0.3) is 0 Å². The van der Waals surface area contributed by atoms with E-state index < -0.39 is 5.97 Å². The van der Waals surface area contributed by atoms with Gasteiger partial charge in [-0.05, 0) is 42.8 Å². The number of aromatic nitrogens is 1. The minimum Gasteiger partial charge on any atom is -0.403 e. The molecular formula is C24H16ClNO3. The van der Waals surface area contributed by atoms with Crippen LogP contribution in [0.15, 0.2) is 78.9 Å². The average molecular weight is 402 g/mol. The van der Waals surface area contributed by atoms with Gasteiger partial charge in [0.1, 0.15) is 0 Å². The molecule has 0 aliphatic heterocycles. The summed E-state index contributed by atoms with van der Waals surface area (Å²) in [5, 5.41) is 1.24. The second-order valence-corrected chi connectivity index (χ2v) is 6.94. The number of fused-ring (bicyclic) bond motifs is 1. The van der Waals surface area contributed by atoms with Crippen molar-refractivity contribution in [1.82, 2.24) is 4.98 Å². The van der Waals surface area contributed by atoms with Gasteiger partial charge in [0.15, 0.2) is 5.78 Å². The van der Waals surface area contributed by atoms with Crippen LogP contribution in [-0.2, 0) is 0 Å². The van der Waals surface area contributed by atoms with Crippen LogP contribution in [0, 0.1) is 0 Å². The molecule has 0 atom stereocenters. The topological polar surface area (TPSA) is 56.3 Å². The van der Waals surface area contributed by atoms with Crippen molar-refractivity contribution in [1.29, 1.82) is 0 Å². The van der Waals surface area contributed by atoms with Crippen LogP contribution >= 0.6 is 11.6 Å². The van der Waals surface area contributed by atoms with E-state index in [1.54, 1.807) is 42.5 Å². The second kappa shape index (κ2) is 7.86. The number of carbonyl (C=O) groups excluding carboxylic acids is 2. The molecule has 5 heteroatoms. The summed E-state index contributed by atoms with van der Waals surface area (Å²) in [4.78, 5) is 29.7. The van der Waals surface area contributed by atoms with Crippen LogP contribution in [0.25, 0.3) is 22.0 Å². The zero-order valence-corrected chi connectivity index (χ0v) is 16.3. The molecule has 0 fully saturated rings. The van der Waals surface area contributed by atoms with Crippen molar-refractivity contribution >= 4 is 34.3 Å². The Morgan fingerprint density at radius 2 is 1.55 bits per heavy atom. The van der Waals surface area contributed by atoms with Crippen LogP contribution in [0.2, 0.25) is 5.02 Å². The number of carbonyl (C=O) groups is 2. The summed E-state index contributed by atoms with van der Waals surface area (Å²) < 4.78 is 5.59. The van der Waals surface area contributed by atoms with Gasteiger partial charge in [-0.2, -0.15) is 0 Å². The highest BCUT2D eigenvalue weighted by atomic mass is 35.5. The van der Waals surface area contributed by atoms with Gasteiger partial charge >= 0.3 is 5.97 Å². The normalized spacial score (nSPS) is 10.7. The zero-order chi connectivity index (χ0) is 20.4. The van der Waals surface area contributed by atoms with Gasteiger partial charge in [0.05, 0.1) is 16.6 Å². The summed E-state index contributed by atoms with van der Waals surface area (Å²) in [7, 11) is 0. The third-order valence-electron chi connectivity index (χ3n) is 4.53. The first-order chi connectivity index (χ1) is 14.0. The molecule has 4 nitrogen and oxygen atoms in total. The first kappa shape index (κ1) is 18.8. The number of ketones is 1. The highest BCUT2D eigenvalue weighted by Crippen LogP contribution is 2.37. The summed E-state index contributed by atoms with van der Waals surface area (Å²) in [6, 6.07) is 23.3. The first-order valence-electron chi connectivity index (χ1n) is 9.01. The average Bonchev–Trinajstić information content (AvgIpc) is 2.74. The Morgan fingerprint density at radius 3 is 2.21 bits per heavy atom. The fourth-order valence-electron chi connectivity index (χ4n) is 3.24. The predicted molar refractivity (Wildman–Crippen MR) is 114 cm³/mol. The smallest absolute Gasteiger partial charge is 0.344 e. The Balaban J connectivity index is 1.98. The maximum Gasteiger partial charge on any atom is 0.344 e. The molecule has 4 aromatic rings. The number of hydrogen-bond donors (Lipinski definition) is 0. The number of esters is 1. The quantitative estimate of drug-likeness (QED) is 0.312. The molecule has 0 aliphatic carbocycles. The minimum atomic E-state index is -0.576. The van der Waals surface area contributed by atoms with E-state index in [-0.39, 0.29) is 17.2 Å². The van der Waals surface area contributed by atoms with Crippen LogP contribution in [0.3, 0.4) is 0 Å². The van der Waals surface area contributed by atoms with E-state index in [9.17, 15) is 9.59 Å². The number of rotatable bonds is 4. The fraction of sp³-hybridized carbons (Fsp3) is 0.0417. The lowest BCUT2D eigenvalue weighted by Gasteiger charge is -2.15. The van der Waals surface area contributed by atoms with E-state index >= 15 is 0 Å². The van der Waals surface area contributed by atoms with Crippen LogP contribution in [0.4, 0.5) is 0 Å². The molecule has 1 aromatic heterocycles. The van der Waals surface area contributed by atoms with E-state index in [1.165, 1.54) is 6.92 Å². The van der Waals surface area contributed by atoms with Gasteiger partial charge in [0, 0.05) is 16.0 Å². The number of halogens is 1. The van der Waals surface area contributed by atoms with Crippen molar-refractivity contribution in [2.45, 2.75) is 6.92 Å². The SMILES string of the molecule is CC(=O)c1c(OC(=O)c2ccccc2)nc2ccc(Cl)cc2c1-c1ccccc1. The lowest BCUT2D eigenvalue weighted by molar-refractivity contribution is 0.0726. The molecule has 4 rings (SSSR count). The number of pyridine rings is 1. The van der Waals surface area contributed by atoms with E-state index in [0.29, 0.717) is 27.1 Å². The molecule has 0 bridgehead atoms. The molecule has 142 valence electrons. The maximum absolute atomic E-state index is 12.6. The fourth-order valence-corrected chi connectivity index (χ4v) is 3.41. The Morgan fingerprint density at radius 1 is 0.897 bits per heavy atom. The summed E-state index contributed by atoms with van der Waals surface area (Å²) in [5.74, 6) is -0.845. The monoisotopic (exact) mass is 401 g/mol. The zero-order valence-electron chi connectivity index (χ0n) is 15.6. The lowest BCUT2D eigenvalue weighted by atomic mass is 9.94. The number of nitrogens with zero attached hydrogens (tertiary/aromatic N) is 1. The van der Waals surface area contributed by atoms with Gasteiger partial charge in [0.2, 0.25) is 5.88 Å². The molecule has 0 N–H and O–H groups in total.